The van der Waals surface area contributed by atoms with E-state index in [1.54, 1.807) is 6.07 Å². The zero-order chi connectivity index (χ0) is 14.4. The van der Waals surface area contributed by atoms with Crippen LogP contribution in [-0.2, 0) is 6.54 Å². The lowest BCUT2D eigenvalue weighted by molar-refractivity contribution is 0.271. The first-order valence-corrected chi connectivity index (χ1v) is 7.34. The summed E-state index contributed by atoms with van der Waals surface area (Å²) < 4.78 is 13.6. The minimum absolute atomic E-state index is 0.224. The van der Waals surface area contributed by atoms with E-state index in [9.17, 15) is 4.39 Å². The van der Waals surface area contributed by atoms with E-state index >= 15 is 0 Å². The highest BCUT2D eigenvalue weighted by atomic mass is 19.1. The van der Waals surface area contributed by atoms with Gasteiger partial charge in [0.05, 0.1) is 6.54 Å². The summed E-state index contributed by atoms with van der Waals surface area (Å²) in [7, 11) is 2.11. The molecule has 1 aromatic rings. The molecule has 0 saturated heterocycles. The Morgan fingerprint density at radius 1 is 1.30 bits per heavy atom. The van der Waals surface area contributed by atoms with Crippen molar-refractivity contribution in [2.45, 2.75) is 32.2 Å². The number of benzene rings is 1. The quantitative estimate of drug-likeness (QED) is 0.855. The van der Waals surface area contributed by atoms with Crippen LogP contribution in [0, 0.1) is 23.6 Å². The summed E-state index contributed by atoms with van der Waals surface area (Å²) in [6, 6.07) is 5.01. The second-order valence-electron chi connectivity index (χ2n) is 5.70. The van der Waals surface area contributed by atoms with Crippen LogP contribution < -0.4 is 5.73 Å². The Kier molecular flexibility index (Phi) is 5.58. The van der Waals surface area contributed by atoms with Crippen LogP contribution >= 0.6 is 0 Å². The fourth-order valence-corrected chi connectivity index (χ4v) is 2.98. The van der Waals surface area contributed by atoms with Crippen molar-refractivity contribution in [3.63, 3.8) is 0 Å². The van der Waals surface area contributed by atoms with Crippen LogP contribution in [0.4, 0.5) is 4.39 Å². The highest BCUT2D eigenvalue weighted by Crippen LogP contribution is 2.25. The monoisotopic (exact) mass is 274 g/mol. The van der Waals surface area contributed by atoms with Gasteiger partial charge in [0.2, 0.25) is 0 Å². The third-order valence-corrected chi connectivity index (χ3v) is 3.79. The first kappa shape index (κ1) is 15.0. The number of nitrogens with zero attached hydrogens (tertiary/aromatic N) is 1. The average molecular weight is 274 g/mol. The lowest BCUT2D eigenvalue weighted by Gasteiger charge is -2.20. The molecular formula is C17H23FN2. The van der Waals surface area contributed by atoms with Gasteiger partial charge < -0.3 is 10.6 Å². The standard InChI is InChI=1S/C17H23FN2/c1-20(12-14-5-2-3-6-14)13-16-9-15(7-4-8-19)10-17(18)11-16/h9-11,14H,2-3,5-6,8,12-13,19H2,1H3. The van der Waals surface area contributed by atoms with Gasteiger partial charge in [0.15, 0.2) is 0 Å². The molecule has 0 heterocycles. The third kappa shape index (κ3) is 4.63. The van der Waals surface area contributed by atoms with Gasteiger partial charge in [0, 0.05) is 18.7 Å². The molecule has 0 spiro atoms. The van der Waals surface area contributed by atoms with E-state index in [2.05, 4.69) is 23.8 Å². The van der Waals surface area contributed by atoms with Crippen LogP contribution in [0.1, 0.15) is 36.8 Å². The molecule has 1 aliphatic carbocycles. The Bertz CT molecular complexity index is 495. The van der Waals surface area contributed by atoms with Crippen LogP contribution in [-0.4, -0.2) is 25.0 Å². The molecule has 1 aliphatic rings. The normalized spacial score (nSPS) is 15.4. The lowest BCUT2D eigenvalue weighted by atomic mass is 10.1. The average Bonchev–Trinajstić information content (AvgIpc) is 2.88. The van der Waals surface area contributed by atoms with Crippen molar-refractivity contribution in [2.24, 2.45) is 11.7 Å². The Hall–Kier alpha value is -1.37. The van der Waals surface area contributed by atoms with Crippen molar-refractivity contribution in [3.05, 3.63) is 35.1 Å². The molecule has 1 fully saturated rings. The van der Waals surface area contributed by atoms with Gasteiger partial charge in [-0.15, -0.1) is 0 Å². The number of nitrogens with two attached hydrogens (primary N) is 1. The summed E-state index contributed by atoms with van der Waals surface area (Å²) in [5.74, 6) is 6.25. The van der Waals surface area contributed by atoms with Crippen molar-refractivity contribution in [1.82, 2.24) is 4.90 Å². The molecule has 2 N–H and O–H groups in total. The maximum absolute atomic E-state index is 13.6. The Labute approximate surface area is 121 Å². The summed E-state index contributed by atoms with van der Waals surface area (Å²) in [6.45, 7) is 2.17. The van der Waals surface area contributed by atoms with E-state index in [1.807, 2.05) is 6.07 Å². The van der Waals surface area contributed by atoms with E-state index in [1.165, 1.54) is 31.7 Å². The largest absolute Gasteiger partial charge is 0.320 e. The van der Waals surface area contributed by atoms with Gasteiger partial charge in [-0.3, -0.25) is 0 Å². The minimum Gasteiger partial charge on any atom is -0.320 e. The highest BCUT2D eigenvalue weighted by molar-refractivity contribution is 5.37. The molecule has 0 aromatic heterocycles. The van der Waals surface area contributed by atoms with Gasteiger partial charge in [0.25, 0.3) is 0 Å². The first-order chi connectivity index (χ1) is 9.67. The summed E-state index contributed by atoms with van der Waals surface area (Å²) in [6.07, 6.45) is 5.38. The zero-order valence-corrected chi connectivity index (χ0v) is 12.2. The SMILES string of the molecule is CN(Cc1cc(F)cc(C#CCN)c1)CC1CCCC1. The number of rotatable bonds is 4. The lowest BCUT2D eigenvalue weighted by Crippen LogP contribution is -2.24. The van der Waals surface area contributed by atoms with E-state index in [0.29, 0.717) is 12.1 Å². The fraction of sp³-hybridized carbons (Fsp3) is 0.529. The maximum atomic E-state index is 13.6. The van der Waals surface area contributed by atoms with Gasteiger partial charge in [-0.1, -0.05) is 24.7 Å². The molecular weight excluding hydrogens is 251 g/mol. The zero-order valence-electron chi connectivity index (χ0n) is 12.2. The van der Waals surface area contributed by atoms with E-state index in [0.717, 1.165) is 24.6 Å². The summed E-state index contributed by atoms with van der Waals surface area (Å²) in [5.41, 5.74) is 7.04. The molecule has 2 nitrogen and oxygen atoms in total. The van der Waals surface area contributed by atoms with E-state index in [-0.39, 0.29) is 5.82 Å². The van der Waals surface area contributed by atoms with Gasteiger partial charge in [-0.05, 0) is 49.6 Å². The van der Waals surface area contributed by atoms with Gasteiger partial charge >= 0.3 is 0 Å². The summed E-state index contributed by atoms with van der Waals surface area (Å²) in [4.78, 5) is 2.28. The molecule has 0 aliphatic heterocycles. The minimum atomic E-state index is -0.224. The van der Waals surface area contributed by atoms with E-state index in [4.69, 9.17) is 5.73 Å². The fourth-order valence-electron chi connectivity index (χ4n) is 2.98. The van der Waals surface area contributed by atoms with Crippen LogP contribution in [0.15, 0.2) is 18.2 Å². The topological polar surface area (TPSA) is 29.3 Å². The van der Waals surface area contributed by atoms with Crippen LogP contribution in [0.25, 0.3) is 0 Å². The Balaban J connectivity index is 1.98. The summed E-state index contributed by atoms with van der Waals surface area (Å²) in [5, 5.41) is 0. The molecule has 2 rings (SSSR count). The van der Waals surface area contributed by atoms with Crippen molar-refractivity contribution in [2.75, 3.05) is 20.1 Å². The molecule has 0 atom stereocenters. The Morgan fingerprint density at radius 2 is 2.05 bits per heavy atom. The molecule has 0 bridgehead atoms. The van der Waals surface area contributed by atoms with Crippen LogP contribution in [0.3, 0.4) is 0 Å². The van der Waals surface area contributed by atoms with Gasteiger partial charge in [-0.2, -0.15) is 0 Å². The summed E-state index contributed by atoms with van der Waals surface area (Å²) >= 11 is 0. The molecule has 20 heavy (non-hydrogen) atoms. The molecule has 3 heteroatoms. The third-order valence-electron chi connectivity index (χ3n) is 3.79. The Morgan fingerprint density at radius 3 is 2.75 bits per heavy atom. The smallest absolute Gasteiger partial charge is 0.124 e. The number of halogens is 1. The van der Waals surface area contributed by atoms with Gasteiger partial charge in [-0.25, -0.2) is 4.39 Å². The first-order valence-electron chi connectivity index (χ1n) is 7.34. The van der Waals surface area contributed by atoms with Crippen molar-refractivity contribution in [1.29, 1.82) is 0 Å². The second kappa shape index (κ2) is 7.42. The molecule has 0 radical (unpaired) electrons. The highest BCUT2D eigenvalue weighted by Gasteiger charge is 2.16. The molecule has 1 saturated carbocycles. The second-order valence-corrected chi connectivity index (χ2v) is 5.70. The molecule has 0 unspecified atom stereocenters. The number of hydrogen-bond donors (Lipinski definition) is 1. The molecule has 1 aromatic carbocycles. The van der Waals surface area contributed by atoms with Gasteiger partial charge in [0.1, 0.15) is 5.82 Å². The molecule has 0 amide bonds. The van der Waals surface area contributed by atoms with Crippen molar-refractivity contribution in [3.8, 4) is 11.8 Å². The predicted molar refractivity (Wildman–Crippen MR) is 80.6 cm³/mol. The molecule has 108 valence electrons. The number of hydrogen-bond acceptors (Lipinski definition) is 2. The van der Waals surface area contributed by atoms with Crippen molar-refractivity contribution < 1.29 is 4.39 Å². The van der Waals surface area contributed by atoms with Crippen LogP contribution in [0.2, 0.25) is 0 Å². The maximum Gasteiger partial charge on any atom is 0.124 e. The van der Waals surface area contributed by atoms with Crippen LogP contribution in [0.5, 0.6) is 0 Å². The van der Waals surface area contributed by atoms with E-state index < -0.39 is 0 Å². The predicted octanol–water partition coefficient (Wildman–Crippen LogP) is 2.76. The van der Waals surface area contributed by atoms with Crippen molar-refractivity contribution >= 4 is 0 Å².